The Morgan fingerprint density at radius 1 is 1.22 bits per heavy atom. The van der Waals surface area contributed by atoms with E-state index in [1.807, 2.05) is 12.1 Å². The van der Waals surface area contributed by atoms with Crippen molar-refractivity contribution in [2.24, 2.45) is 5.41 Å². The van der Waals surface area contributed by atoms with E-state index in [1.54, 1.807) is 0 Å². The van der Waals surface area contributed by atoms with Crippen LogP contribution in [0.15, 0.2) is 18.2 Å². The van der Waals surface area contributed by atoms with Crippen LogP contribution < -0.4 is 5.32 Å². The topological polar surface area (TPSA) is 12.0 Å². The van der Waals surface area contributed by atoms with Gasteiger partial charge in [0.05, 0.1) is 0 Å². The molecule has 0 aliphatic heterocycles. The highest BCUT2D eigenvalue weighted by atomic mass is 35.5. The second kappa shape index (κ2) is 5.52. The van der Waals surface area contributed by atoms with Crippen LogP contribution in [0.1, 0.15) is 51.5 Å². The van der Waals surface area contributed by atoms with Gasteiger partial charge in [-0.05, 0) is 61.8 Å². The van der Waals surface area contributed by atoms with Gasteiger partial charge in [-0.2, -0.15) is 0 Å². The molecule has 2 heteroatoms. The van der Waals surface area contributed by atoms with E-state index < -0.39 is 0 Å². The lowest BCUT2D eigenvalue weighted by atomic mass is 9.85. The van der Waals surface area contributed by atoms with Crippen LogP contribution in [0, 0.1) is 12.3 Å². The molecule has 1 N–H and O–H groups in total. The Hall–Kier alpha value is -0.690. The summed E-state index contributed by atoms with van der Waals surface area (Å²) >= 11 is 6.00. The molecule has 100 valence electrons. The number of hydrogen-bond acceptors (Lipinski definition) is 1. The van der Waals surface area contributed by atoms with Crippen molar-refractivity contribution in [2.75, 3.05) is 5.32 Å². The van der Waals surface area contributed by atoms with Crippen LogP contribution in [-0.4, -0.2) is 6.04 Å². The third kappa shape index (κ3) is 3.65. The molecule has 0 heterocycles. The number of hydrogen-bond donors (Lipinski definition) is 1. The van der Waals surface area contributed by atoms with Gasteiger partial charge in [-0.1, -0.05) is 31.9 Å². The van der Waals surface area contributed by atoms with E-state index in [0.717, 1.165) is 5.02 Å². The van der Waals surface area contributed by atoms with Crippen molar-refractivity contribution in [2.45, 2.75) is 58.9 Å². The highest BCUT2D eigenvalue weighted by Gasteiger charge is 2.24. The first kappa shape index (κ1) is 13.7. The summed E-state index contributed by atoms with van der Waals surface area (Å²) in [6.07, 6.45) is 6.56. The van der Waals surface area contributed by atoms with Crippen LogP contribution >= 0.6 is 11.6 Å². The number of aryl methyl sites for hydroxylation is 1. The van der Waals surface area contributed by atoms with E-state index in [4.69, 9.17) is 11.6 Å². The van der Waals surface area contributed by atoms with E-state index in [1.165, 1.54) is 43.4 Å². The fraction of sp³-hybridized carbons (Fsp3) is 0.625. The Morgan fingerprint density at radius 2 is 2.00 bits per heavy atom. The maximum atomic E-state index is 6.00. The van der Waals surface area contributed by atoms with Crippen LogP contribution in [-0.2, 0) is 0 Å². The lowest BCUT2D eigenvalue weighted by Crippen LogP contribution is -2.19. The molecule has 1 fully saturated rings. The molecule has 1 aromatic rings. The van der Waals surface area contributed by atoms with Gasteiger partial charge < -0.3 is 5.32 Å². The molecule has 1 aliphatic carbocycles. The van der Waals surface area contributed by atoms with Crippen molar-refractivity contribution in [3.63, 3.8) is 0 Å². The third-order valence-corrected chi connectivity index (χ3v) is 4.36. The summed E-state index contributed by atoms with van der Waals surface area (Å²) in [6, 6.07) is 6.72. The van der Waals surface area contributed by atoms with E-state index >= 15 is 0 Å². The smallest absolute Gasteiger partial charge is 0.0410 e. The fourth-order valence-electron chi connectivity index (χ4n) is 2.81. The van der Waals surface area contributed by atoms with E-state index in [0.29, 0.717) is 11.5 Å². The van der Waals surface area contributed by atoms with Crippen LogP contribution in [0.4, 0.5) is 5.69 Å². The zero-order valence-corrected chi connectivity index (χ0v) is 12.5. The summed E-state index contributed by atoms with van der Waals surface area (Å²) in [7, 11) is 0. The monoisotopic (exact) mass is 265 g/mol. The van der Waals surface area contributed by atoms with E-state index in [9.17, 15) is 0 Å². The number of anilines is 1. The van der Waals surface area contributed by atoms with Crippen LogP contribution in [0.5, 0.6) is 0 Å². The molecule has 1 aromatic carbocycles. The number of halogens is 1. The van der Waals surface area contributed by atoms with Crippen LogP contribution in [0.3, 0.4) is 0 Å². The molecule has 1 saturated carbocycles. The van der Waals surface area contributed by atoms with Crippen LogP contribution in [0.2, 0.25) is 5.02 Å². The molecule has 0 radical (unpaired) electrons. The van der Waals surface area contributed by atoms with Gasteiger partial charge in [0, 0.05) is 16.8 Å². The molecule has 1 aliphatic rings. The summed E-state index contributed by atoms with van der Waals surface area (Å²) in [5.74, 6) is 0. The Labute approximate surface area is 116 Å². The molecule has 0 aromatic heterocycles. The standard InChI is InChI=1S/C16H24ClN/c1-12-11-13(17)6-7-15(12)18-14-5-4-9-16(2,3)10-8-14/h6-7,11,14,18H,4-5,8-10H2,1-3H3. The van der Waals surface area contributed by atoms with Gasteiger partial charge in [0.2, 0.25) is 0 Å². The van der Waals surface area contributed by atoms with Gasteiger partial charge in [0.25, 0.3) is 0 Å². The molecule has 1 atom stereocenters. The van der Waals surface area contributed by atoms with E-state index in [2.05, 4.69) is 32.2 Å². The van der Waals surface area contributed by atoms with Gasteiger partial charge in [-0.15, -0.1) is 0 Å². The Bertz CT molecular complexity index is 412. The molecule has 0 bridgehead atoms. The first-order valence-electron chi connectivity index (χ1n) is 6.99. The van der Waals surface area contributed by atoms with Gasteiger partial charge >= 0.3 is 0 Å². The average Bonchev–Trinajstić information content (AvgIpc) is 2.44. The lowest BCUT2D eigenvalue weighted by molar-refractivity contribution is 0.313. The molecule has 0 saturated heterocycles. The first-order chi connectivity index (χ1) is 8.46. The van der Waals surface area contributed by atoms with Crippen molar-refractivity contribution in [1.82, 2.24) is 0 Å². The van der Waals surface area contributed by atoms with E-state index in [-0.39, 0.29) is 0 Å². The quantitative estimate of drug-likeness (QED) is 0.704. The second-order valence-corrected chi connectivity index (χ2v) is 6.83. The molecular formula is C16H24ClN. The summed E-state index contributed by atoms with van der Waals surface area (Å²) in [5.41, 5.74) is 3.00. The normalized spacial score (nSPS) is 23.4. The van der Waals surface area contributed by atoms with Gasteiger partial charge in [0.15, 0.2) is 0 Å². The Morgan fingerprint density at radius 3 is 2.72 bits per heavy atom. The number of nitrogens with one attached hydrogen (secondary N) is 1. The number of rotatable bonds is 2. The lowest BCUT2D eigenvalue weighted by Gasteiger charge is -2.23. The predicted octanol–water partition coefficient (Wildman–Crippen LogP) is 5.42. The first-order valence-corrected chi connectivity index (χ1v) is 7.37. The summed E-state index contributed by atoms with van der Waals surface area (Å²) in [4.78, 5) is 0. The highest BCUT2D eigenvalue weighted by molar-refractivity contribution is 6.30. The minimum Gasteiger partial charge on any atom is -0.382 e. The Kier molecular flexibility index (Phi) is 4.21. The summed E-state index contributed by atoms with van der Waals surface area (Å²) < 4.78 is 0. The van der Waals surface area contributed by atoms with Crippen molar-refractivity contribution in [3.8, 4) is 0 Å². The molecule has 2 rings (SSSR count). The SMILES string of the molecule is Cc1cc(Cl)ccc1NC1CCCC(C)(C)CC1. The molecular weight excluding hydrogens is 242 g/mol. The van der Waals surface area contributed by atoms with Crippen molar-refractivity contribution in [1.29, 1.82) is 0 Å². The fourth-order valence-corrected chi connectivity index (χ4v) is 3.04. The second-order valence-electron chi connectivity index (χ2n) is 6.40. The minimum absolute atomic E-state index is 0.519. The summed E-state index contributed by atoms with van der Waals surface area (Å²) in [6.45, 7) is 6.90. The minimum atomic E-state index is 0.519. The average molecular weight is 266 g/mol. The highest BCUT2D eigenvalue weighted by Crippen LogP contribution is 2.35. The maximum absolute atomic E-state index is 6.00. The summed E-state index contributed by atoms with van der Waals surface area (Å²) in [5, 5.41) is 4.51. The molecule has 0 spiro atoms. The third-order valence-electron chi connectivity index (χ3n) is 4.12. The molecule has 1 unspecified atom stereocenters. The maximum Gasteiger partial charge on any atom is 0.0410 e. The number of benzene rings is 1. The predicted molar refractivity (Wildman–Crippen MR) is 80.5 cm³/mol. The van der Waals surface area contributed by atoms with Crippen molar-refractivity contribution in [3.05, 3.63) is 28.8 Å². The largest absolute Gasteiger partial charge is 0.382 e. The van der Waals surface area contributed by atoms with Gasteiger partial charge in [-0.25, -0.2) is 0 Å². The van der Waals surface area contributed by atoms with Gasteiger partial charge in [-0.3, -0.25) is 0 Å². The van der Waals surface area contributed by atoms with Crippen LogP contribution in [0.25, 0.3) is 0 Å². The molecule has 18 heavy (non-hydrogen) atoms. The molecule has 1 nitrogen and oxygen atoms in total. The zero-order valence-electron chi connectivity index (χ0n) is 11.7. The van der Waals surface area contributed by atoms with Gasteiger partial charge in [0.1, 0.15) is 0 Å². The zero-order chi connectivity index (χ0) is 13.2. The molecule has 0 amide bonds. The van der Waals surface area contributed by atoms with Crippen molar-refractivity contribution >= 4 is 17.3 Å². The van der Waals surface area contributed by atoms with Crippen molar-refractivity contribution < 1.29 is 0 Å². The Balaban J connectivity index is 2.01.